The molecule has 1 amide bonds. The second-order valence-electron chi connectivity index (χ2n) is 10.4. The quantitative estimate of drug-likeness (QED) is 0.313. The van der Waals surface area contributed by atoms with Gasteiger partial charge in [0.25, 0.3) is 0 Å². The molecule has 202 valence electrons. The second kappa shape index (κ2) is 9.42. The van der Waals surface area contributed by atoms with Gasteiger partial charge in [0, 0.05) is 27.8 Å². The summed E-state index contributed by atoms with van der Waals surface area (Å²) in [5.41, 5.74) is 1.88. The van der Waals surface area contributed by atoms with E-state index in [1.165, 1.54) is 0 Å². The van der Waals surface area contributed by atoms with Gasteiger partial charge in [0.15, 0.2) is 11.6 Å². The van der Waals surface area contributed by atoms with E-state index in [1.807, 2.05) is 36.4 Å². The first-order chi connectivity index (χ1) is 19.9. The Kier molecular flexibility index (Phi) is 5.80. The predicted octanol–water partition coefficient (Wildman–Crippen LogP) is 5.91. The molecule has 3 aliphatic rings. The van der Waals surface area contributed by atoms with Gasteiger partial charge in [0.1, 0.15) is 17.2 Å². The van der Waals surface area contributed by atoms with Crippen LogP contribution in [0.4, 0.5) is 5.69 Å². The average Bonchev–Trinajstić information content (AvgIpc) is 3.44. The molecule has 1 fully saturated rings. The number of carbonyl (C=O) groups is 3. The maximum absolute atomic E-state index is 14.7. The zero-order valence-electron chi connectivity index (χ0n) is 22.0. The average molecular weight is 562 g/mol. The van der Waals surface area contributed by atoms with Gasteiger partial charge in [-0.15, -0.1) is 0 Å². The highest BCUT2D eigenvalue weighted by Gasteiger charge is 2.72. The van der Waals surface area contributed by atoms with Crippen LogP contribution in [0.3, 0.4) is 0 Å². The van der Waals surface area contributed by atoms with Gasteiger partial charge in [-0.3, -0.25) is 19.4 Å². The molecule has 1 saturated heterocycles. The zero-order valence-corrected chi connectivity index (χ0v) is 22.7. The van der Waals surface area contributed by atoms with Crippen LogP contribution in [-0.4, -0.2) is 41.8 Å². The first-order valence-corrected chi connectivity index (χ1v) is 13.6. The summed E-state index contributed by atoms with van der Waals surface area (Å²) in [5, 5.41) is 9.93. The molecule has 7 nitrogen and oxygen atoms in total. The molecule has 4 aromatic rings. The molecule has 1 N–H and O–H groups in total. The lowest BCUT2D eigenvalue weighted by Crippen LogP contribution is -2.44. The largest absolute Gasteiger partial charge is 0.497 e. The first kappa shape index (κ1) is 25.2. The van der Waals surface area contributed by atoms with E-state index in [4.69, 9.17) is 21.4 Å². The standard InChI is InChI=1S/C33H24ClN3O4/c1-41-23-16-10-19(11-17-23)27-28(32(40)36-22-14-12-21(34)13-15-22)37-29(24-7-3-2-6-20(24)18-35-37)33(27)30(38)25-8-4-5-9-26(25)31(33)39/h2-18,27-29H,1H3,(H,36,40)/t27-,28-,29+/m0/s1. The van der Waals surface area contributed by atoms with Crippen molar-refractivity contribution in [2.24, 2.45) is 10.5 Å². The molecular formula is C33H24ClN3O4. The molecule has 0 saturated carbocycles. The number of Topliss-reactive ketones (excluding diaryl/α,β-unsaturated/α-hetero) is 2. The molecule has 1 spiro atoms. The van der Waals surface area contributed by atoms with E-state index in [0.29, 0.717) is 33.1 Å². The number of hydrogen-bond donors (Lipinski definition) is 1. The molecular weight excluding hydrogens is 538 g/mol. The lowest BCUT2D eigenvalue weighted by molar-refractivity contribution is -0.121. The number of anilines is 1. The molecule has 41 heavy (non-hydrogen) atoms. The van der Waals surface area contributed by atoms with Gasteiger partial charge >= 0.3 is 0 Å². The van der Waals surface area contributed by atoms with Crippen molar-refractivity contribution in [2.75, 3.05) is 12.4 Å². The molecule has 2 aliphatic heterocycles. The minimum Gasteiger partial charge on any atom is -0.497 e. The van der Waals surface area contributed by atoms with E-state index in [0.717, 1.165) is 11.1 Å². The van der Waals surface area contributed by atoms with Crippen molar-refractivity contribution in [1.29, 1.82) is 0 Å². The van der Waals surface area contributed by atoms with Gasteiger partial charge in [-0.25, -0.2) is 0 Å². The normalized spacial score (nSPS) is 21.4. The number of ether oxygens (including phenoxy) is 1. The van der Waals surface area contributed by atoms with E-state index >= 15 is 0 Å². The van der Waals surface area contributed by atoms with Crippen LogP contribution < -0.4 is 10.1 Å². The zero-order chi connectivity index (χ0) is 28.3. The van der Waals surface area contributed by atoms with E-state index < -0.39 is 23.4 Å². The Labute approximate surface area is 241 Å². The monoisotopic (exact) mass is 561 g/mol. The number of halogens is 1. The molecule has 0 bridgehead atoms. The van der Waals surface area contributed by atoms with Crippen LogP contribution in [0, 0.1) is 5.41 Å². The van der Waals surface area contributed by atoms with E-state index in [1.54, 1.807) is 79.0 Å². The van der Waals surface area contributed by atoms with Gasteiger partial charge in [0.2, 0.25) is 5.91 Å². The van der Waals surface area contributed by atoms with Crippen LogP contribution in [0.2, 0.25) is 5.02 Å². The number of carbonyl (C=O) groups excluding carboxylic acids is 3. The van der Waals surface area contributed by atoms with Crippen LogP contribution in [0.25, 0.3) is 0 Å². The summed E-state index contributed by atoms with van der Waals surface area (Å²) in [4.78, 5) is 43.7. The summed E-state index contributed by atoms with van der Waals surface area (Å²) in [6, 6.07) is 26.7. The third-order valence-corrected chi connectivity index (χ3v) is 8.68. The molecule has 0 radical (unpaired) electrons. The summed E-state index contributed by atoms with van der Waals surface area (Å²) >= 11 is 6.08. The number of nitrogens with one attached hydrogen (secondary N) is 1. The molecule has 0 aromatic heterocycles. The molecule has 3 atom stereocenters. The van der Waals surface area contributed by atoms with Crippen molar-refractivity contribution < 1.29 is 19.1 Å². The van der Waals surface area contributed by atoms with Gasteiger partial charge in [0.05, 0.1) is 19.4 Å². The van der Waals surface area contributed by atoms with Crippen molar-refractivity contribution in [3.8, 4) is 5.75 Å². The summed E-state index contributed by atoms with van der Waals surface area (Å²) in [7, 11) is 1.57. The molecule has 2 heterocycles. The molecule has 7 rings (SSSR count). The smallest absolute Gasteiger partial charge is 0.249 e. The van der Waals surface area contributed by atoms with Gasteiger partial charge < -0.3 is 10.1 Å². The van der Waals surface area contributed by atoms with Crippen molar-refractivity contribution in [3.05, 3.63) is 130 Å². The Hall–Kier alpha value is -4.75. The van der Waals surface area contributed by atoms with E-state index in [9.17, 15) is 14.4 Å². The number of hydrogen-bond acceptors (Lipinski definition) is 6. The summed E-state index contributed by atoms with van der Waals surface area (Å²) in [6.45, 7) is 0. The number of methoxy groups -OCH3 is 1. The van der Waals surface area contributed by atoms with Crippen molar-refractivity contribution in [1.82, 2.24) is 5.01 Å². The number of benzene rings is 4. The van der Waals surface area contributed by atoms with Crippen LogP contribution in [0.1, 0.15) is 49.4 Å². The summed E-state index contributed by atoms with van der Waals surface area (Å²) in [6.07, 6.45) is 1.69. The third kappa shape index (κ3) is 3.59. The van der Waals surface area contributed by atoms with Crippen molar-refractivity contribution in [3.63, 3.8) is 0 Å². The minimum absolute atomic E-state index is 0.303. The number of rotatable bonds is 4. The van der Waals surface area contributed by atoms with Crippen molar-refractivity contribution >= 4 is 41.0 Å². The highest BCUT2D eigenvalue weighted by Crippen LogP contribution is 2.64. The summed E-state index contributed by atoms with van der Waals surface area (Å²) < 4.78 is 5.39. The Morgan fingerprint density at radius 1 is 0.878 bits per heavy atom. The van der Waals surface area contributed by atoms with Crippen LogP contribution in [-0.2, 0) is 4.79 Å². The molecule has 8 heteroatoms. The number of nitrogens with zero attached hydrogens (tertiary/aromatic N) is 2. The fourth-order valence-electron chi connectivity index (χ4n) is 6.71. The van der Waals surface area contributed by atoms with Gasteiger partial charge in [-0.2, -0.15) is 5.10 Å². The van der Waals surface area contributed by atoms with Crippen LogP contribution in [0.5, 0.6) is 5.75 Å². The van der Waals surface area contributed by atoms with E-state index in [-0.39, 0.29) is 17.5 Å². The van der Waals surface area contributed by atoms with Gasteiger partial charge in [-0.1, -0.05) is 72.3 Å². The Balaban J connectivity index is 1.48. The number of fused-ring (bicyclic) bond motifs is 5. The van der Waals surface area contributed by atoms with Crippen LogP contribution in [0.15, 0.2) is 102 Å². The fourth-order valence-corrected chi connectivity index (χ4v) is 6.84. The lowest BCUT2D eigenvalue weighted by atomic mass is 9.63. The Morgan fingerprint density at radius 2 is 1.51 bits per heavy atom. The number of amides is 1. The second-order valence-corrected chi connectivity index (χ2v) is 10.9. The topological polar surface area (TPSA) is 88.1 Å². The molecule has 1 aliphatic carbocycles. The highest BCUT2D eigenvalue weighted by molar-refractivity contribution is 6.31. The van der Waals surface area contributed by atoms with E-state index in [2.05, 4.69) is 5.32 Å². The Bertz CT molecular complexity index is 1710. The van der Waals surface area contributed by atoms with Gasteiger partial charge in [-0.05, 0) is 53.1 Å². The Morgan fingerprint density at radius 3 is 2.17 bits per heavy atom. The molecule has 4 aromatic carbocycles. The number of hydrazone groups is 1. The maximum Gasteiger partial charge on any atom is 0.249 e. The van der Waals surface area contributed by atoms with Crippen LogP contribution >= 0.6 is 11.6 Å². The SMILES string of the molecule is COc1ccc([C@H]2[C@@H](C(=O)Nc3ccc(Cl)cc3)N3N=Cc4ccccc4[C@@H]3C23C(=O)c2ccccc2C3=O)cc1. The molecule has 0 unspecified atom stereocenters. The fraction of sp³-hybridized carbons (Fsp3) is 0.152. The highest BCUT2D eigenvalue weighted by atomic mass is 35.5. The maximum atomic E-state index is 14.7. The number of ketones is 2. The third-order valence-electron chi connectivity index (χ3n) is 8.43. The predicted molar refractivity (Wildman–Crippen MR) is 156 cm³/mol. The minimum atomic E-state index is -1.63. The lowest BCUT2D eigenvalue weighted by Gasteiger charge is -2.36. The van der Waals surface area contributed by atoms with Crippen molar-refractivity contribution in [2.45, 2.75) is 18.0 Å². The first-order valence-electron chi connectivity index (χ1n) is 13.3. The summed E-state index contributed by atoms with van der Waals surface area (Å²) in [5.74, 6) is -1.23.